The SMILES string of the molecule is CC(NCCn1ccc(=O)c2ccccc21)C1CC1. The highest BCUT2D eigenvalue weighted by atomic mass is 16.1. The molecule has 3 heteroatoms. The molecule has 1 N–H and O–H groups in total. The fourth-order valence-corrected chi connectivity index (χ4v) is 2.63. The molecule has 0 radical (unpaired) electrons. The van der Waals surface area contributed by atoms with Crippen molar-refractivity contribution in [1.29, 1.82) is 0 Å². The van der Waals surface area contributed by atoms with E-state index >= 15 is 0 Å². The fraction of sp³-hybridized carbons (Fsp3) is 0.438. The second kappa shape index (κ2) is 5.17. The minimum atomic E-state index is 0.103. The van der Waals surface area contributed by atoms with Crippen molar-refractivity contribution >= 4 is 10.9 Å². The third-order valence-corrected chi connectivity index (χ3v) is 4.03. The molecular weight excluding hydrogens is 236 g/mol. The molecule has 1 unspecified atom stereocenters. The first-order valence-electron chi connectivity index (χ1n) is 7.07. The summed E-state index contributed by atoms with van der Waals surface area (Å²) in [5, 5.41) is 4.38. The summed E-state index contributed by atoms with van der Waals surface area (Å²) in [4.78, 5) is 11.8. The first kappa shape index (κ1) is 12.4. The van der Waals surface area contributed by atoms with E-state index in [1.165, 1.54) is 12.8 Å². The molecule has 1 heterocycles. The minimum Gasteiger partial charge on any atom is -0.346 e. The van der Waals surface area contributed by atoms with Gasteiger partial charge in [-0.15, -0.1) is 0 Å². The molecule has 1 saturated carbocycles. The van der Waals surface area contributed by atoms with Crippen molar-refractivity contribution in [2.75, 3.05) is 6.54 Å². The van der Waals surface area contributed by atoms with Crippen molar-refractivity contribution in [2.24, 2.45) is 5.92 Å². The minimum absolute atomic E-state index is 0.103. The highest BCUT2D eigenvalue weighted by Gasteiger charge is 2.27. The molecule has 0 amide bonds. The highest BCUT2D eigenvalue weighted by molar-refractivity contribution is 5.78. The van der Waals surface area contributed by atoms with Crippen LogP contribution in [0.4, 0.5) is 0 Å². The van der Waals surface area contributed by atoms with E-state index in [0.29, 0.717) is 6.04 Å². The predicted molar refractivity (Wildman–Crippen MR) is 78.4 cm³/mol. The Kier molecular flexibility index (Phi) is 3.38. The first-order chi connectivity index (χ1) is 9.25. The lowest BCUT2D eigenvalue weighted by Crippen LogP contribution is -2.31. The lowest BCUT2D eigenvalue weighted by Gasteiger charge is -2.15. The molecule has 100 valence electrons. The van der Waals surface area contributed by atoms with Gasteiger partial charge in [0.1, 0.15) is 0 Å². The number of hydrogen-bond acceptors (Lipinski definition) is 2. The van der Waals surface area contributed by atoms with Crippen LogP contribution in [0, 0.1) is 5.92 Å². The number of rotatable bonds is 5. The molecule has 0 spiro atoms. The van der Waals surface area contributed by atoms with Gasteiger partial charge in [0.05, 0.1) is 5.52 Å². The Morgan fingerprint density at radius 2 is 2.11 bits per heavy atom. The summed E-state index contributed by atoms with van der Waals surface area (Å²) >= 11 is 0. The Morgan fingerprint density at radius 1 is 1.32 bits per heavy atom. The second-order valence-electron chi connectivity index (χ2n) is 5.47. The normalized spacial score (nSPS) is 16.7. The van der Waals surface area contributed by atoms with Crippen molar-refractivity contribution in [3.05, 3.63) is 46.8 Å². The average Bonchev–Trinajstić information content (AvgIpc) is 3.26. The maximum Gasteiger partial charge on any atom is 0.189 e. The van der Waals surface area contributed by atoms with Gasteiger partial charge in [-0.2, -0.15) is 0 Å². The van der Waals surface area contributed by atoms with Crippen LogP contribution in [0.25, 0.3) is 10.9 Å². The summed E-state index contributed by atoms with van der Waals surface area (Å²) in [5.41, 5.74) is 1.13. The third-order valence-electron chi connectivity index (χ3n) is 4.03. The van der Waals surface area contributed by atoms with Gasteiger partial charge in [-0.05, 0) is 37.8 Å². The van der Waals surface area contributed by atoms with Gasteiger partial charge in [0, 0.05) is 36.8 Å². The summed E-state index contributed by atoms with van der Waals surface area (Å²) in [6.07, 6.45) is 4.64. The van der Waals surface area contributed by atoms with Gasteiger partial charge in [-0.3, -0.25) is 4.79 Å². The quantitative estimate of drug-likeness (QED) is 0.891. The van der Waals surface area contributed by atoms with Crippen LogP contribution in [-0.2, 0) is 6.54 Å². The van der Waals surface area contributed by atoms with E-state index in [1.54, 1.807) is 6.07 Å². The molecule has 1 aliphatic rings. The molecule has 1 aromatic carbocycles. The molecule has 19 heavy (non-hydrogen) atoms. The van der Waals surface area contributed by atoms with Gasteiger partial charge >= 0.3 is 0 Å². The summed E-state index contributed by atoms with van der Waals surface area (Å²) in [6.45, 7) is 4.11. The molecular formula is C16H20N2O. The van der Waals surface area contributed by atoms with E-state index in [4.69, 9.17) is 0 Å². The van der Waals surface area contributed by atoms with Crippen molar-refractivity contribution in [2.45, 2.75) is 32.4 Å². The van der Waals surface area contributed by atoms with E-state index in [0.717, 1.165) is 29.9 Å². The first-order valence-corrected chi connectivity index (χ1v) is 7.07. The Balaban J connectivity index is 1.73. The summed E-state index contributed by atoms with van der Waals surface area (Å²) < 4.78 is 2.16. The number of hydrogen-bond donors (Lipinski definition) is 1. The highest BCUT2D eigenvalue weighted by Crippen LogP contribution is 2.32. The van der Waals surface area contributed by atoms with Crippen LogP contribution < -0.4 is 10.7 Å². The van der Waals surface area contributed by atoms with E-state index in [2.05, 4.69) is 16.8 Å². The van der Waals surface area contributed by atoms with Gasteiger partial charge in [0.25, 0.3) is 0 Å². The number of pyridine rings is 1. The van der Waals surface area contributed by atoms with Gasteiger partial charge in [-0.25, -0.2) is 0 Å². The Labute approximate surface area is 113 Å². The maximum absolute atomic E-state index is 11.8. The predicted octanol–water partition coefficient (Wildman–Crippen LogP) is 2.39. The number of fused-ring (bicyclic) bond motifs is 1. The summed E-state index contributed by atoms with van der Waals surface area (Å²) in [6, 6.07) is 10.1. The molecule has 1 fully saturated rings. The molecule has 0 aliphatic heterocycles. The van der Waals surface area contributed by atoms with Crippen molar-refractivity contribution < 1.29 is 0 Å². The van der Waals surface area contributed by atoms with E-state index in [1.807, 2.05) is 30.5 Å². The molecule has 3 rings (SSSR count). The smallest absolute Gasteiger partial charge is 0.189 e. The molecule has 1 aliphatic carbocycles. The van der Waals surface area contributed by atoms with Crippen LogP contribution in [0.2, 0.25) is 0 Å². The summed E-state index contributed by atoms with van der Waals surface area (Å²) in [7, 11) is 0. The van der Waals surface area contributed by atoms with Crippen LogP contribution in [0.3, 0.4) is 0 Å². The van der Waals surface area contributed by atoms with Gasteiger partial charge < -0.3 is 9.88 Å². The third kappa shape index (κ3) is 2.71. The van der Waals surface area contributed by atoms with Gasteiger partial charge in [-0.1, -0.05) is 12.1 Å². The van der Waals surface area contributed by atoms with Crippen molar-refractivity contribution in [1.82, 2.24) is 9.88 Å². The number of para-hydroxylation sites is 1. The van der Waals surface area contributed by atoms with Crippen LogP contribution >= 0.6 is 0 Å². The zero-order valence-corrected chi connectivity index (χ0v) is 11.3. The molecule has 0 bridgehead atoms. The van der Waals surface area contributed by atoms with Crippen LogP contribution in [-0.4, -0.2) is 17.2 Å². The summed E-state index contributed by atoms with van der Waals surface area (Å²) in [5.74, 6) is 0.880. The van der Waals surface area contributed by atoms with E-state index < -0.39 is 0 Å². The van der Waals surface area contributed by atoms with Crippen molar-refractivity contribution in [3.8, 4) is 0 Å². The zero-order chi connectivity index (χ0) is 13.2. The number of nitrogens with one attached hydrogen (secondary N) is 1. The Morgan fingerprint density at radius 3 is 2.89 bits per heavy atom. The Hall–Kier alpha value is -1.61. The van der Waals surface area contributed by atoms with Crippen LogP contribution in [0.15, 0.2) is 41.3 Å². The van der Waals surface area contributed by atoms with E-state index in [-0.39, 0.29) is 5.43 Å². The second-order valence-corrected chi connectivity index (χ2v) is 5.47. The monoisotopic (exact) mass is 256 g/mol. The number of aromatic nitrogens is 1. The van der Waals surface area contributed by atoms with E-state index in [9.17, 15) is 4.79 Å². The average molecular weight is 256 g/mol. The topological polar surface area (TPSA) is 34.0 Å². The van der Waals surface area contributed by atoms with Gasteiger partial charge in [0.2, 0.25) is 0 Å². The molecule has 1 aromatic heterocycles. The maximum atomic E-state index is 11.8. The number of nitrogens with zero attached hydrogens (tertiary/aromatic N) is 1. The lowest BCUT2D eigenvalue weighted by molar-refractivity contribution is 0.478. The fourth-order valence-electron chi connectivity index (χ4n) is 2.63. The molecule has 1 atom stereocenters. The zero-order valence-electron chi connectivity index (χ0n) is 11.3. The van der Waals surface area contributed by atoms with Crippen molar-refractivity contribution in [3.63, 3.8) is 0 Å². The molecule has 0 saturated heterocycles. The van der Waals surface area contributed by atoms with Crippen LogP contribution in [0.1, 0.15) is 19.8 Å². The Bertz CT molecular complexity index is 628. The molecule has 3 nitrogen and oxygen atoms in total. The number of benzene rings is 1. The lowest BCUT2D eigenvalue weighted by atomic mass is 10.2. The van der Waals surface area contributed by atoms with Gasteiger partial charge in [0.15, 0.2) is 5.43 Å². The molecule has 2 aromatic rings. The standard InChI is InChI=1S/C16H20N2O/c1-12(13-6-7-13)17-9-11-18-10-8-16(19)14-4-2-3-5-15(14)18/h2-5,8,10,12-13,17H,6-7,9,11H2,1H3. The van der Waals surface area contributed by atoms with Crippen LogP contribution in [0.5, 0.6) is 0 Å². The largest absolute Gasteiger partial charge is 0.346 e.